The smallest absolute Gasteiger partial charge is 0.149 e. The summed E-state index contributed by atoms with van der Waals surface area (Å²) in [7, 11) is -0.745. The normalized spacial score (nSPS) is 12.4. The summed E-state index contributed by atoms with van der Waals surface area (Å²) in [5, 5.41) is 3.59. The molecule has 1 aromatic rings. The molecule has 0 saturated heterocycles. The van der Waals surface area contributed by atoms with Gasteiger partial charge in [-0.3, -0.25) is 4.21 Å². The largest absolute Gasteiger partial charge is 0.396 e. The zero-order chi connectivity index (χ0) is 11.3. The fourth-order valence-electron chi connectivity index (χ4n) is 1.08. The second kappa shape index (κ2) is 5.92. The van der Waals surface area contributed by atoms with Crippen LogP contribution in [0.1, 0.15) is 6.42 Å². The van der Waals surface area contributed by atoms with Crippen molar-refractivity contribution in [1.29, 1.82) is 0 Å². The molecule has 0 aliphatic carbocycles. The summed E-state index contributed by atoms with van der Waals surface area (Å²) < 4.78 is 10.8. The molecule has 1 rings (SSSR count). The van der Waals surface area contributed by atoms with Gasteiger partial charge in [0.1, 0.15) is 5.82 Å². The van der Waals surface area contributed by atoms with Crippen molar-refractivity contribution in [3.8, 4) is 0 Å². The van der Waals surface area contributed by atoms with E-state index in [9.17, 15) is 4.21 Å². The zero-order valence-electron chi connectivity index (χ0n) is 8.50. The van der Waals surface area contributed by atoms with E-state index in [1.807, 2.05) is 0 Å². The summed E-state index contributed by atoms with van der Waals surface area (Å²) in [6.07, 6.45) is 4.06. The molecule has 0 radical (unpaired) electrons. The first kappa shape index (κ1) is 12.3. The van der Waals surface area contributed by atoms with Crippen molar-refractivity contribution in [2.24, 2.45) is 0 Å². The third-order valence-corrected chi connectivity index (χ3v) is 2.86. The summed E-state index contributed by atoms with van der Waals surface area (Å²) in [6, 6.07) is 1.65. The quantitative estimate of drug-likeness (QED) is 0.774. The van der Waals surface area contributed by atoms with E-state index in [2.05, 4.69) is 10.3 Å². The maximum absolute atomic E-state index is 10.8. The predicted octanol–water partition coefficient (Wildman–Crippen LogP) is 1.50. The summed E-state index contributed by atoms with van der Waals surface area (Å²) >= 11 is 5.71. The van der Waals surface area contributed by atoms with Crippen LogP contribution in [0.2, 0.25) is 5.02 Å². The lowest BCUT2D eigenvalue weighted by molar-refractivity contribution is 0.685. The van der Waals surface area contributed by atoms with Crippen molar-refractivity contribution in [1.82, 2.24) is 4.98 Å². The second-order valence-corrected chi connectivity index (χ2v) is 5.14. The molecule has 15 heavy (non-hydrogen) atoms. The van der Waals surface area contributed by atoms with Gasteiger partial charge < -0.3 is 11.1 Å². The molecule has 0 aliphatic rings. The molecule has 0 bridgehead atoms. The van der Waals surface area contributed by atoms with Crippen LogP contribution < -0.4 is 11.1 Å². The number of pyridine rings is 1. The van der Waals surface area contributed by atoms with E-state index in [-0.39, 0.29) is 0 Å². The molecule has 0 amide bonds. The minimum absolute atomic E-state index is 0.521. The number of aromatic nitrogens is 1. The first-order valence-electron chi connectivity index (χ1n) is 4.54. The van der Waals surface area contributed by atoms with E-state index >= 15 is 0 Å². The standard InChI is InChI=1S/C9H14ClN3OS/c1-15(14)4-2-3-12-9-8(11)5-7(10)6-13-9/h5-6H,2-4,11H2,1H3,(H,12,13). The van der Waals surface area contributed by atoms with Gasteiger partial charge in [-0.15, -0.1) is 0 Å². The van der Waals surface area contributed by atoms with Crippen LogP contribution in [0.3, 0.4) is 0 Å². The number of nitrogens with two attached hydrogens (primary N) is 1. The van der Waals surface area contributed by atoms with E-state index in [1.165, 1.54) is 6.20 Å². The lowest BCUT2D eigenvalue weighted by atomic mass is 10.4. The molecular formula is C9H14ClN3OS. The molecule has 6 heteroatoms. The number of anilines is 2. The van der Waals surface area contributed by atoms with Crippen molar-refractivity contribution < 1.29 is 4.21 Å². The fourth-order valence-corrected chi connectivity index (χ4v) is 1.80. The molecule has 1 atom stereocenters. The zero-order valence-corrected chi connectivity index (χ0v) is 10.1. The second-order valence-electron chi connectivity index (χ2n) is 3.15. The Morgan fingerprint density at radius 3 is 3.00 bits per heavy atom. The Kier molecular flexibility index (Phi) is 4.84. The van der Waals surface area contributed by atoms with Gasteiger partial charge in [-0.25, -0.2) is 4.98 Å². The molecular weight excluding hydrogens is 234 g/mol. The number of hydrogen-bond acceptors (Lipinski definition) is 4. The van der Waals surface area contributed by atoms with Crippen molar-refractivity contribution in [3.05, 3.63) is 17.3 Å². The highest BCUT2D eigenvalue weighted by Gasteiger charge is 2.00. The Morgan fingerprint density at radius 1 is 1.67 bits per heavy atom. The molecule has 0 spiro atoms. The van der Waals surface area contributed by atoms with Crippen LogP contribution in [0.15, 0.2) is 12.3 Å². The summed E-state index contributed by atoms with van der Waals surface area (Å²) in [5.74, 6) is 1.31. The average Bonchev–Trinajstić information content (AvgIpc) is 2.14. The Bertz CT molecular complexity index is 359. The van der Waals surface area contributed by atoms with Crippen molar-refractivity contribution >= 4 is 33.9 Å². The van der Waals surface area contributed by atoms with Crippen LogP contribution in [0.5, 0.6) is 0 Å². The first-order valence-corrected chi connectivity index (χ1v) is 6.65. The van der Waals surface area contributed by atoms with Gasteiger partial charge in [-0.1, -0.05) is 11.6 Å². The van der Waals surface area contributed by atoms with Gasteiger partial charge in [0.2, 0.25) is 0 Å². The van der Waals surface area contributed by atoms with E-state index < -0.39 is 10.8 Å². The molecule has 1 aromatic heterocycles. The van der Waals surface area contributed by atoms with Gasteiger partial charge in [0.25, 0.3) is 0 Å². The molecule has 0 saturated carbocycles. The topological polar surface area (TPSA) is 68.0 Å². The van der Waals surface area contributed by atoms with Gasteiger partial charge in [-0.05, 0) is 12.5 Å². The minimum atomic E-state index is -0.745. The van der Waals surface area contributed by atoms with Gasteiger partial charge in [-0.2, -0.15) is 0 Å². The summed E-state index contributed by atoms with van der Waals surface area (Å²) in [5.41, 5.74) is 6.22. The number of halogens is 1. The lowest BCUT2D eigenvalue weighted by Crippen LogP contribution is -2.08. The maximum atomic E-state index is 10.8. The van der Waals surface area contributed by atoms with Crippen LogP contribution >= 0.6 is 11.6 Å². The molecule has 3 N–H and O–H groups in total. The highest BCUT2D eigenvalue weighted by Crippen LogP contribution is 2.18. The van der Waals surface area contributed by atoms with Crippen LogP contribution in [0.4, 0.5) is 11.5 Å². The predicted molar refractivity (Wildman–Crippen MR) is 65.7 cm³/mol. The summed E-state index contributed by atoms with van der Waals surface area (Å²) in [4.78, 5) is 4.05. The number of nitrogens with one attached hydrogen (secondary N) is 1. The van der Waals surface area contributed by atoms with E-state index in [4.69, 9.17) is 17.3 Å². The molecule has 1 heterocycles. The van der Waals surface area contributed by atoms with Gasteiger partial charge in [0.15, 0.2) is 0 Å². The van der Waals surface area contributed by atoms with Crippen molar-refractivity contribution in [3.63, 3.8) is 0 Å². The molecule has 4 nitrogen and oxygen atoms in total. The SMILES string of the molecule is CS(=O)CCCNc1ncc(Cl)cc1N. The Morgan fingerprint density at radius 2 is 2.40 bits per heavy atom. The molecule has 1 unspecified atom stereocenters. The van der Waals surface area contributed by atoms with Crippen LogP contribution in [-0.2, 0) is 10.8 Å². The molecule has 0 aromatic carbocycles. The maximum Gasteiger partial charge on any atom is 0.149 e. The number of nitrogen functional groups attached to an aromatic ring is 1. The van der Waals surface area contributed by atoms with Crippen LogP contribution in [0, 0.1) is 0 Å². The highest BCUT2D eigenvalue weighted by atomic mass is 35.5. The summed E-state index contributed by atoms with van der Waals surface area (Å²) in [6.45, 7) is 0.707. The molecule has 84 valence electrons. The molecule has 0 aliphatic heterocycles. The first-order chi connectivity index (χ1) is 7.09. The highest BCUT2D eigenvalue weighted by molar-refractivity contribution is 7.84. The van der Waals surface area contributed by atoms with E-state index in [0.29, 0.717) is 28.8 Å². The lowest BCUT2D eigenvalue weighted by Gasteiger charge is -2.07. The van der Waals surface area contributed by atoms with Crippen LogP contribution in [-0.4, -0.2) is 27.7 Å². The van der Waals surface area contributed by atoms with Gasteiger partial charge >= 0.3 is 0 Å². The van der Waals surface area contributed by atoms with Crippen LogP contribution in [0.25, 0.3) is 0 Å². The average molecular weight is 248 g/mol. The number of nitrogens with zero attached hydrogens (tertiary/aromatic N) is 1. The van der Waals surface area contributed by atoms with Gasteiger partial charge in [0, 0.05) is 35.5 Å². The number of hydrogen-bond donors (Lipinski definition) is 2. The minimum Gasteiger partial charge on any atom is -0.396 e. The fraction of sp³-hybridized carbons (Fsp3) is 0.444. The van der Waals surface area contributed by atoms with Crippen molar-refractivity contribution in [2.45, 2.75) is 6.42 Å². The molecule has 0 fully saturated rings. The number of rotatable bonds is 5. The van der Waals surface area contributed by atoms with Gasteiger partial charge in [0.05, 0.1) is 10.7 Å². The Hall–Kier alpha value is -0.810. The Labute approximate surface area is 96.7 Å². The van der Waals surface area contributed by atoms with E-state index in [0.717, 1.165) is 6.42 Å². The van der Waals surface area contributed by atoms with Crippen molar-refractivity contribution in [2.75, 3.05) is 29.6 Å². The van der Waals surface area contributed by atoms with E-state index in [1.54, 1.807) is 12.3 Å². The third kappa shape index (κ3) is 4.48. The Balaban J connectivity index is 2.40. The monoisotopic (exact) mass is 247 g/mol. The third-order valence-electron chi connectivity index (χ3n) is 1.78.